The van der Waals surface area contributed by atoms with Crippen LogP contribution in [0.3, 0.4) is 0 Å². The highest BCUT2D eigenvalue weighted by atomic mass is 16.1. The third-order valence-corrected chi connectivity index (χ3v) is 3.97. The van der Waals surface area contributed by atoms with Gasteiger partial charge < -0.3 is 0 Å². The first-order chi connectivity index (χ1) is 8.66. The Morgan fingerprint density at radius 2 is 1.89 bits per heavy atom. The van der Waals surface area contributed by atoms with Gasteiger partial charge in [0.25, 0.3) is 11.3 Å². The molecule has 1 N–H and O–H groups in total. The van der Waals surface area contributed by atoms with Crippen molar-refractivity contribution in [3.05, 3.63) is 27.4 Å². The Morgan fingerprint density at radius 3 is 2.61 bits per heavy atom. The molecule has 0 bridgehead atoms. The van der Waals surface area contributed by atoms with E-state index in [9.17, 15) is 4.79 Å². The molecule has 0 radical (unpaired) electrons. The van der Waals surface area contributed by atoms with Crippen LogP contribution in [0.25, 0.3) is 5.78 Å². The Balaban J connectivity index is 2.10. The summed E-state index contributed by atoms with van der Waals surface area (Å²) in [5.41, 5.74) is 1.42. The maximum atomic E-state index is 12.1. The molecule has 2 aromatic heterocycles. The molecule has 0 unspecified atom stereocenters. The summed E-state index contributed by atoms with van der Waals surface area (Å²) in [7, 11) is 0. The smallest absolute Gasteiger partial charge is 0.275 e. The van der Waals surface area contributed by atoms with Gasteiger partial charge in [0.1, 0.15) is 5.82 Å². The fraction of sp³-hybridized carbons (Fsp3) is 0.615. The van der Waals surface area contributed by atoms with Crippen molar-refractivity contribution in [2.45, 2.75) is 51.9 Å². The van der Waals surface area contributed by atoms with Crippen LogP contribution in [0, 0.1) is 13.8 Å². The molecule has 0 aliphatic heterocycles. The van der Waals surface area contributed by atoms with Crippen molar-refractivity contribution in [2.24, 2.45) is 0 Å². The second-order valence-corrected chi connectivity index (χ2v) is 5.21. The Bertz CT molecular complexity index is 634. The van der Waals surface area contributed by atoms with Gasteiger partial charge in [0.15, 0.2) is 0 Å². The minimum absolute atomic E-state index is 0.0351. The zero-order valence-electron chi connectivity index (χ0n) is 10.9. The van der Waals surface area contributed by atoms with Crippen LogP contribution in [-0.4, -0.2) is 19.6 Å². The molecule has 2 heterocycles. The van der Waals surface area contributed by atoms with E-state index in [0.29, 0.717) is 17.3 Å². The lowest BCUT2D eigenvalue weighted by atomic mass is 9.89. The van der Waals surface area contributed by atoms with E-state index in [1.54, 1.807) is 6.92 Å². The van der Waals surface area contributed by atoms with Gasteiger partial charge in [-0.2, -0.15) is 9.50 Å². The first kappa shape index (κ1) is 11.4. The van der Waals surface area contributed by atoms with Gasteiger partial charge in [-0.1, -0.05) is 19.3 Å². The SMILES string of the molecule is Cc1nc2nc(C3CCCCC3)[nH]n2c(=O)c1C. The molecular formula is C13H18N4O. The summed E-state index contributed by atoms with van der Waals surface area (Å²) in [4.78, 5) is 21.0. The van der Waals surface area contributed by atoms with E-state index in [1.165, 1.54) is 23.8 Å². The topological polar surface area (TPSA) is 63.1 Å². The number of nitrogens with one attached hydrogen (secondary N) is 1. The molecule has 0 aromatic carbocycles. The van der Waals surface area contributed by atoms with Gasteiger partial charge in [0.05, 0.1) is 0 Å². The van der Waals surface area contributed by atoms with Crippen molar-refractivity contribution in [3.63, 3.8) is 0 Å². The number of rotatable bonds is 1. The summed E-state index contributed by atoms with van der Waals surface area (Å²) in [6.45, 7) is 3.66. The van der Waals surface area contributed by atoms with Crippen LogP contribution < -0.4 is 5.56 Å². The van der Waals surface area contributed by atoms with E-state index in [4.69, 9.17) is 0 Å². The number of aromatic nitrogens is 4. The third-order valence-electron chi connectivity index (χ3n) is 3.97. The number of hydrogen-bond acceptors (Lipinski definition) is 3. The predicted molar refractivity (Wildman–Crippen MR) is 68.9 cm³/mol. The number of hydrogen-bond donors (Lipinski definition) is 1. The van der Waals surface area contributed by atoms with Crippen LogP contribution in [0.15, 0.2) is 4.79 Å². The minimum Gasteiger partial charge on any atom is -0.275 e. The maximum Gasteiger partial charge on any atom is 0.277 e. The van der Waals surface area contributed by atoms with Crippen molar-refractivity contribution in [3.8, 4) is 0 Å². The van der Waals surface area contributed by atoms with Gasteiger partial charge in [0, 0.05) is 17.2 Å². The highest BCUT2D eigenvalue weighted by Crippen LogP contribution is 2.30. The number of H-pyrrole nitrogens is 1. The average molecular weight is 246 g/mol. The molecule has 0 spiro atoms. The molecule has 3 rings (SSSR count). The molecule has 18 heavy (non-hydrogen) atoms. The van der Waals surface area contributed by atoms with Gasteiger partial charge in [-0.25, -0.2) is 4.98 Å². The van der Waals surface area contributed by atoms with Gasteiger partial charge in [-0.15, -0.1) is 0 Å². The molecule has 1 aliphatic rings. The van der Waals surface area contributed by atoms with Crippen LogP contribution >= 0.6 is 0 Å². The van der Waals surface area contributed by atoms with Gasteiger partial charge in [-0.05, 0) is 26.7 Å². The monoisotopic (exact) mass is 246 g/mol. The highest BCUT2D eigenvalue weighted by molar-refractivity contribution is 5.31. The summed E-state index contributed by atoms with van der Waals surface area (Å²) in [6, 6.07) is 0. The summed E-state index contributed by atoms with van der Waals surface area (Å²) < 4.78 is 1.48. The van der Waals surface area contributed by atoms with E-state index in [0.717, 1.165) is 24.4 Å². The summed E-state index contributed by atoms with van der Waals surface area (Å²) in [5, 5.41) is 3.13. The molecule has 5 nitrogen and oxygen atoms in total. The number of aromatic amines is 1. The lowest BCUT2D eigenvalue weighted by Crippen LogP contribution is -2.19. The van der Waals surface area contributed by atoms with E-state index >= 15 is 0 Å². The molecule has 0 atom stereocenters. The van der Waals surface area contributed by atoms with Gasteiger partial charge in [-0.3, -0.25) is 9.89 Å². The van der Waals surface area contributed by atoms with Gasteiger partial charge >= 0.3 is 0 Å². The molecule has 1 saturated carbocycles. The number of fused-ring (bicyclic) bond motifs is 1. The fourth-order valence-electron chi connectivity index (χ4n) is 2.68. The molecule has 2 aromatic rings. The second-order valence-electron chi connectivity index (χ2n) is 5.21. The zero-order chi connectivity index (χ0) is 12.7. The molecule has 96 valence electrons. The average Bonchev–Trinajstić information content (AvgIpc) is 2.81. The van der Waals surface area contributed by atoms with Crippen molar-refractivity contribution in [1.29, 1.82) is 0 Å². The Hall–Kier alpha value is -1.65. The lowest BCUT2D eigenvalue weighted by Gasteiger charge is -2.18. The fourth-order valence-corrected chi connectivity index (χ4v) is 2.68. The van der Waals surface area contributed by atoms with E-state index in [2.05, 4.69) is 15.1 Å². The molecule has 0 amide bonds. The van der Waals surface area contributed by atoms with Crippen molar-refractivity contribution >= 4 is 5.78 Å². The normalized spacial score (nSPS) is 17.4. The molecular weight excluding hydrogens is 228 g/mol. The van der Waals surface area contributed by atoms with Crippen molar-refractivity contribution in [2.75, 3.05) is 0 Å². The highest BCUT2D eigenvalue weighted by Gasteiger charge is 2.20. The molecule has 0 saturated heterocycles. The Kier molecular flexibility index (Phi) is 2.69. The molecule has 1 aliphatic carbocycles. The maximum absolute atomic E-state index is 12.1. The number of nitrogens with zero attached hydrogens (tertiary/aromatic N) is 3. The van der Waals surface area contributed by atoms with E-state index in [-0.39, 0.29) is 5.56 Å². The predicted octanol–water partition coefficient (Wildman–Crippen LogP) is 2.08. The largest absolute Gasteiger partial charge is 0.277 e. The van der Waals surface area contributed by atoms with Crippen molar-refractivity contribution < 1.29 is 0 Å². The first-order valence-electron chi connectivity index (χ1n) is 6.62. The Morgan fingerprint density at radius 1 is 1.17 bits per heavy atom. The Labute approximate surface area is 105 Å². The standard InChI is InChI=1S/C13H18N4O/c1-8-9(2)14-13-15-11(16-17(13)12(8)18)10-6-4-3-5-7-10/h10H,3-7H2,1-2H3,(H,14,15,16). The lowest BCUT2D eigenvalue weighted by molar-refractivity contribution is 0.428. The van der Waals surface area contributed by atoms with Gasteiger partial charge in [0.2, 0.25) is 0 Å². The van der Waals surface area contributed by atoms with Crippen molar-refractivity contribution in [1.82, 2.24) is 19.6 Å². The van der Waals surface area contributed by atoms with E-state index < -0.39 is 0 Å². The van der Waals surface area contributed by atoms with Crippen LogP contribution in [0.4, 0.5) is 0 Å². The summed E-state index contributed by atoms with van der Waals surface area (Å²) in [6.07, 6.45) is 6.14. The third kappa shape index (κ3) is 1.74. The van der Waals surface area contributed by atoms with E-state index in [1.807, 2.05) is 6.92 Å². The first-order valence-corrected chi connectivity index (χ1v) is 6.62. The van der Waals surface area contributed by atoms with Crippen LogP contribution in [0.5, 0.6) is 0 Å². The molecule has 1 fully saturated rings. The number of aryl methyl sites for hydroxylation is 1. The van der Waals surface area contributed by atoms with Crippen LogP contribution in [-0.2, 0) is 0 Å². The van der Waals surface area contributed by atoms with Crippen LogP contribution in [0.2, 0.25) is 0 Å². The molecule has 5 heteroatoms. The van der Waals surface area contributed by atoms with Crippen LogP contribution in [0.1, 0.15) is 55.1 Å². The summed E-state index contributed by atoms with van der Waals surface area (Å²) >= 11 is 0. The summed E-state index contributed by atoms with van der Waals surface area (Å²) in [5.74, 6) is 1.88. The second kappa shape index (κ2) is 4.23. The quantitative estimate of drug-likeness (QED) is 0.838. The minimum atomic E-state index is -0.0351. The zero-order valence-corrected chi connectivity index (χ0v) is 10.9.